The van der Waals surface area contributed by atoms with Gasteiger partial charge in [-0.15, -0.1) is 0 Å². The molecule has 28 heavy (non-hydrogen) atoms. The molecule has 7 nitrogen and oxygen atoms in total. The monoisotopic (exact) mass is 405 g/mol. The van der Waals surface area contributed by atoms with Crippen LogP contribution in [-0.4, -0.2) is 44.7 Å². The Bertz CT molecular complexity index is 861. The maximum absolute atomic E-state index is 13.7. The van der Waals surface area contributed by atoms with Crippen LogP contribution in [0.25, 0.3) is 0 Å². The molecule has 9 heteroatoms. The second-order valence-electron chi connectivity index (χ2n) is 5.40. The Morgan fingerprint density at radius 2 is 2.00 bits per heavy atom. The Morgan fingerprint density at radius 3 is 2.71 bits per heavy atom. The van der Waals surface area contributed by atoms with Crippen molar-refractivity contribution in [3.05, 3.63) is 59.4 Å². The van der Waals surface area contributed by atoms with E-state index in [2.05, 4.69) is 15.8 Å². The van der Waals surface area contributed by atoms with Crippen LogP contribution in [0.15, 0.2) is 47.6 Å². The fourth-order valence-corrected chi connectivity index (χ4v) is 2.26. The second kappa shape index (κ2) is 11.0. The average molecular weight is 405 g/mol. The van der Waals surface area contributed by atoms with Gasteiger partial charge < -0.3 is 19.5 Å². The summed E-state index contributed by atoms with van der Waals surface area (Å²) in [5, 5.41) is 7.28. The highest BCUT2D eigenvalue weighted by Crippen LogP contribution is 2.28. The molecule has 2 aromatic carbocycles. The highest BCUT2D eigenvalue weighted by molar-refractivity contribution is 7.80. The quantitative estimate of drug-likeness (QED) is 0.174. The van der Waals surface area contributed by atoms with Gasteiger partial charge in [0.2, 0.25) is 0 Å². The lowest BCUT2D eigenvalue weighted by Crippen LogP contribution is -2.34. The van der Waals surface area contributed by atoms with Gasteiger partial charge in [0.15, 0.2) is 16.6 Å². The summed E-state index contributed by atoms with van der Waals surface area (Å²) in [5.41, 5.74) is 3.19. The van der Waals surface area contributed by atoms with Crippen LogP contribution in [0, 0.1) is 5.82 Å². The average Bonchev–Trinajstić information content (AvgIpc) is 2.69. The topological polar surface area (TPSA) is 81.2 Å². The number of nitrogens with zero attached hydrogens (tertiary/aromatic N) is 1. The van der Waals surface area contributed by atoms with E-state index in [1.807, 2.05) is 0 Å². The Kier molecular flexibility index (Phi) is 8.32. The smallest absolute Gasteiger partial charge is 0.346 e. The molecular weight excluding hydrogens is 385 g/mol. The Hall–Kier alpha value is -3.04. The van der Waals surface area contributed by atoms with Crippen LogP contribution in [-0.2, 0) is 4.74 Å². The first-order valence-corrected chi connectivity index (χ1v) is 8.66. The number of carbonyl (C=O) groups excluding carboxylic acids is 1. The van der Waals surface area contributed by atoms with Crippen LogP contribution in [0.4, 0.5) is 4.39 Å². The van der Waals surface area contributed by atoms with Crippen LogP contribution in [0.3, 0.4) is 0 Å². The lowest BCUT2D eigenvalue weighted by molar-refractivity contribution is 0.0725. The van der Waals surface area contributed by atoms with Crippen LogP contribution in [0.2, 0.25) is 0 Å². The molecule has 2 N–H and O–H groups in total. The fraction of sp³-hybridized carbons (Fsp3) is 0.211. The molecule has 0 atom stereocenters. The third-order valence-corrected chi connectivity index (χ3v) is 3.69. The number of benzene rings is 2. The summed E-state index contributed by atoms with van der Waals surface area (Å²) < 4.78 is 29.1. The summed E-state index contributed by atoms with van der Waals surface area (Å²) in [7, 11) is 3.03. The molecule has 0 radical (unpaired) electrons. The molecule has 0 saturated carbocycles. The summed E-state index contributed by atoms with van der Waals surface area (Å²) in [6, 6.07) is 10.4. The number of thiocarbonyl (C=S) groups is 1. The minimum absolute atomic E-state index is 0.158. The number of methoxy groups -OCH3 is 2. The SMILES string of the molecule is COCCNC(=S)N/N=C/c1ccc(OC(=O)c2ccccc2F)c(OC)c1. The van der Waals surface area contributed by atoms with E-state index in [9.17, 15) is 9.18 Å². The van der Waals surface area contributed by atoms with Crippen molar-refractivity contribution in [2.75, 3.05) is 27.4 Å². The largest absolute Gasteiger partial charge is 0.493 e. The summed E-state index contributed by atoms with van der Waals surface area (Å²) >= 11 is 5.05. The van der Waals surface area contributed by atoms with Crippen molar-refractivity contribution < 1.29 is 23.4 Å². The molecule has 2 rings (SSSR count). The predicted molar refractivity (Wildman–Crippen MR) is 108 cm³/mol. The first-order valence-electron chi connectivity index (χ1n) is 8.25. The first kappa shape index (κ1) is 21.3. The standard InChI is InChI=1S/C19H20FN3O4S/c1-25-10-9-21-19(28)23-22-12-13-7-8-16(17(11-13)26-2)27-18(24)14-5-3-4-6-15(14)20/h3-8,11-12H,9-10H2,1-2H3,(H2,21,23,28)/b22-12+. The molecule has 0 bridgehead atoms. The number of esters is 1. The van der Waals surface area contributed by atoms with Gasteiger partial charge in [-0.25, -0.2) is 9.18 Å². The van der Waals surface area contributed by atoms with E-state index in [1.165, 1.54) is 37.6 Å². The molecule has 0 aliphatic carbocycles. The molecule has 0 saturated heterocycles. The Balaban J connectivity index is 2.01. The van der Waals surface area contributed by atoms with Crippen molar-refractivity contribution in [2.24, 2.45) is 5.10 Å². The summed E-state index contributed by atoms with van der Waals surface area (Å²) in [4.78, 5) is 12.2. The second-order valence-corrected chi connectivity index (χ2v) is 5.81. The number of carbonyl (C=O) groups is 1. The van der Waals surface area contributed by atoms with Crippen molar-refractivity contribution in [2.45, 2.75) is 0 Å². The number of ether oxygens (including phenoxy) is 3. The summed E-state index contributed by atoms with van der Waals surface area (Å²) in [5.74, 6) is -1.00. The van der Waals surface area contributed by atoms with Crippen LogP contribution < -0.4 is 20.2 Å². The molecule has 0 heterocycles. The van der Waals surface area contributed by atoms with E-state index < -0.39 is 11.8 Å². The van der Waals surface area contributed by atoms with E-state index in [1.54, 1.807) is 25.3 Å². The fourth-order valence-electron chi connectivity index (χ4n) is 2.10. The Labute approximate surface area is 167 Å². The number of hydrazone groups is 1. The van der Waals surface area contributed by atoms with Crippen molar-refractivity contribution >= 4 is 29.5 Å². The van der Waals surface area contributed by atoms with Gasteiger partial charge in [-0.3, -0.25) is 5.43 Å². The molecular formula is C19H20FN3O4S. The predicted octanol–water partition coefficient (Wildman–Crippen LogP) is 2.50. The molecule has 0 aliphatic heterocycles. The minimum Gasteiger partial charge on any atom is -0.493 e. The van der Waals surface area contributed by atoms with Crippen LogP contribution in [0.5, 0.6) is 11.5 Å². The van der Waals surface area contributed by atoms with Gasteiger partial charge in [0.05, 0.1) is 25.5 Å². The lowest BCUT2D eigenvalue weighted by atomic mass is 10.2. The van der Waals surface area contributed by atoms with Crippen LogP contribution in [0.1, 0.15) is 15.9 Å². The minimum atomic E-state index is -0.813. The molecule has 0 aliphatic rings. The van der Waals surface area contributed by atoms with E-state index in [0.717, 1.165) is 0 Å². The maximum atomic E-state index is 13.7. The maximum Gasteiger partial charge on any atom is 0.346 e. The Morgan fingerprint density at radius 1 is 1.21 bits per heavy atom. The zero-order valence-corrected chi connectivity index (χ0v) is 16.2. The number of hydrogen-bond donors (Lipinski definition) is 2. The molecule has 0 spiro atoms. The zero-order valence-electron chi connectivity index (χ0n) is 15.4. The highest BCUT2D eigenvalue weighted by Gasteiger charge is 2.16. The molecule has 148 valence electrons. The van der Waals surface area contributed by atoms with Crippen molar-refractivity contribution in [3.8, 4) is 11.5 Å². The number of hydrogen-bond acceptors (Lipinski definition) is 6. The van der Waals surface area contributed by atoms with Gasteiger partial charge in [0, 0.05) is 13.7 Å². The van der Waals surface area contributed by atoms with E-state index in [0.29, 0.717) is 29.6 Å². The molecule has 0 amide bonds. The van der Waals surface area contributed by atoms with E-state index in [-0.39, 0.29) is 11.3 Å². The molecule has 0 unspecified atom stereocenters. The number of halogens is 1. The molecule has 0 fully saturated rings. The van der Waals surface area contributed by atoms with Gasteiger partial charge in [0.1, 0.15) is 5.82 Å². The van der Waals surface area contributed by atoms with Crippen molar-refractivity contribution in [1.29, 1.82) is 0 Å². The van der Waals surface area contributed by atoms with E-state index in [4.69, 9.17) is 26.4 Å². The van der Waals surface area contributed by atoms with Gasteiger partial charge >= 0.3 is 5.97 Å². The normalized spacial score (nSPS) is 10.5. The lowest BCUT2D eigenvalue weighted by Gasteiger charge is -2.10. The van der Waals surface area contributed by atoms with Crippen molar-refractivity contribution in [3.63, 3.8) is 0 Å². The molecule has 2 aromatic rings. The van der Waals surface area contributed by atoms with Gasteiger partial charge in [-0.2, -0.15) is 5.10 Å². The first-order chi connectivity index (χ1) is 13.5. The summed E-state index contributed by atoms with van der Waals surface area (Å²) in [6.07, 6.45) is 1.52. The number of rotatable bonds is 8. The third kappa shape index (κ3) is 6.29. The van der Waals surface area contributed by atoms with Gasteiger partial charge in [-0.05, 0) is 48.1 Å². The zero-order chi connectivity index (χ0) is 20.4. The summed E-state index contributed by atoms with van der Waals surface area (Å²) in [6.45, 7) is 1.09. The third-order valence-electron chi connectivity index (χ3n) is 3.46. The number of nitrogens with one attached hydrogen (secondary N) is 2. The molecule has 0 aromatic heterocycles. The highest BCUT2D eigenvalue weighted by atomic mass is 32.1. The van der Waals surface area contributed by atoms with Gasteiger partial charge in [0.25, 0.3) is 0 Å². The van der Waals surface area contributed by atoms with Gasteiger partial charge in [-0.1, -0.05) is 12.1 Å². The van der Waals surface area contributed by atoms with E-state index >= 15 is 0 Å². The van der Waals surface area contributed by atoms with Crippen molar-refractivity contribution in [1.82, 2.24) is 10.7 Å². The van der Waals surface area contributed by atoms with Crippen LogP contribution >= 0.6 is 12.2 Å².